The molecule has 0 fully saturated rings. The molecule has 9 nitrogen and oxygen atoms in total. The Morgan fingerprint density at radius 2 is 1.64 bits per heavy atom. The first-order valence-corrected chi connectivity index (χ1v) is 15.9. The number of carbonyl (C=O) groups excluding carboxylic acids is 3. The molecule has 0 bridgehead atoms. The molecule has 2 rings (SSSR count). The van der Waals surface area contributed by atoms with Crippen molar-refractivity contribution in [3.63, 3.8) is 0 Å². The van der Waals surface area contributed by atoms with Crippen LogP contribution in [0.5, 0.6) is 0 Å². The molecule has 44 heavy (non-hydrogen) atoms. The van der Waals surface area contributed by atoms with Crippen molar-refractivity contribution in [2.45, 2.75) is 91.6 Å². The number of ether oxygens (including phenoxy) is 2. The zero-order chi connectivity index (χ0) is 32.5. The summed E-state index contributed by atoms with van der Waals surface area (Å²) in [6.45, 7) is 9.19. The Morgan fingerprint density at radius 3 is 2.27 bits per heavy atom. The number of imide groups is 1. The van der Waals surface area contributed by atoms with Crippen molar-refractivity contribution in [2.24, 2.45) is 5.92 Å². The number of unbranched alkanes of at least 4 members (excludes halogenated alkanes) is 4. The van der Waals surface area contributed by atoms with Gasteiger partial charge in [-0.05, 0) is 50.3 Å². The van der Waals surface area contributed by atoms with E-state index in [0.717, 1.165) is 32.1 Å². The number of hydrogen-bond donors (Lipinski definition) is 2. The summed E-state index contributed by atoms with van der Waals surface area (Å²) in [5.74, 6) is -1.89. The first-order chi connectivity index (χ1) is 21.1. The second kappa shape index (κ2) is 19.1. The van der Waals surface area contributed by atoms with Gasteiger partial charge >= 0.3 is 17.8 Å². The molecule has 0 saturated carbocycles. The maximum absolute atomic E-state index is 14.6. The lowest BCUT2D eigenvalue weighted by Crippen LogP contribution is -2.59. The highest BCUT2D eigenvalue weighted by atomic mass is 16.5. The largest absolute Gasteiger partial charge is 0.478 e. The van der Waals surface area contributed by atoms with E-state index in [1.807, 2.05) is 6.92 Å². The molecule has 3 amide bonds. The zero-order valence-corrected chi connectivity index (χ0v) is 27.1. The third-order valence-electron chi connectivity index (χ3n) is 7.75. The first kappa shape index (κ1) is 36.8. The number of methoxy groups -OCH3 is 1. The summed E-state index contributed by atoms with van der Waals surface area (Å²) in [6, 6.07) is 12.8. The van der Waals surface area contributed by atoms with Crippen LogP contribution in [0.1, 0.15) is 106 Å². The Labute approximate surface area is 262 Å². The fourth-order valence-corrected chi connectivity index (χ4v) is 5.29. The van der Waals surface area contributed by atoms with E-state index in [4.69, 9.17) is 9.47 Å². The summed E-state index contributed by atoms with van der Waals surface area (Å²) >= 11 is 0. The highest BCUT2D eigenvalue weighted by Gasteiger charge is 2.47. The Kier molecular flexibility index (Phi) is 16.0. The summed E-state index contributed by atoms with van der Waals surface area (Å²) in [5.41, 5.74) is 0.669. The maximum Gasteiger partial charge on any atom is 0.359 e. The van der Waals surface area contributed by atoms with Gasteiger partial charge in [0.2, 0.25) is 5.91 Å². The molecular formula is C35H51N2O7+. The monoisotopic (exact) mass is 611 g/mol. The van der Waals surface area contributed by atoms with Gasteiger partial charge in [-0.1, -0.05) is 64.7 Å². The molecule has 0 spiro atoms. The van der Waals surface area contributed by atoms with Crippen LogP contribution in [0.2, 0.25) is 0 Å². The van der Waals surface area contributed by atoms with Gasteiger partial charge in [0, 0.05) is 31.5 Å². The molecule has 0 aliphatic rings. The Morgan fingerprint density at radius 1 is 0.909 bits per heavy atom. The number of carbonyl (C=O) groups is 4. The predicted molar refractivity (Wildman–Crippen MR) is 174 cm³/mol. The van der Waals surface area contributed by atoms with Crippen LogP contribution in [0.15, 0.2) is 48.5 Å². The molecule has 9 heteroatoms. The van der Waals surface area contributed by atoms with Crippen molar-refractivity contribution in [3.05, 3.63) is 59.7 Å². The standard InChI is InChI=1S/C35H50N2O7/c1-6-8-9-14-22-37(33(39)21-13-10-16-26(3)4,34(40)30-19-11-12-20-31(30)35(41)42)28-18-15-17-27(23-28)36-32(38)24-29(43-5)25-44-7-2/h11-12,15,17-20,23,26,29H,6-10,13-14,16,21-22,24-25H2,1-5H3,(H-,36,38,41,42)/p+1. The Hall–Kier alpha value is -3.40. The van der Waals surface area contributed by atoms with Crippen molar-refractivity contribution in [1.29, 1.82) is 0 Å². The molecule has 0 saturated heterocycles. The van der Waals surface area contributed by atoms with Gasteiger partial charge in [-0.3, -0.25) is 4.79 Å². The zero-order valence-electron chi connectivity index (χ0n) is 27.1. The van der Waals surface area contributed by atoms with E-state index in [-0.39, 0.29) is 48.9 Å². The number of carboxylic acids is 1. The lowest BCUT2D eigenvalue weighted by molar-refractivity contribution is -0.128. The number of carboxylic acid groups (broad SMARTS) is 1. The molecule has 0 aromatic heterocycles. The molecule has 0 aliphatic carbocycles. The van der Waals surface area contributed by atoms with Gasteiger partial charge in [-0.25, -0.2) is 14.4 Å². The van der Waals surface area contributed by atoms with Crippen LogP contribution >= 0.6 is 0 Å². The minimum Gasteiger partial charge on any atom is -0.478 e. The normalized spacial score (nSPS) is 13.3. The second-order valence-electron chi connectivity index (χ2n) is 11.6. The molecule has 2 unspecified atom stereocenters. The van der Waals surface area contributed by atoms with Crippen LogP contribution in [0.4, 0.5) is 11.4 Å². The summed E-state index contributed by atoms with van der Waals surface area (Å²) < 4.78 is 10.1. The highest BCUT2D eigenvalue weighted by Crippen LogP contribution is 2.33. The second-order valence-corrected chi connectivity index (χ2v) is 11.6. The summed E-state index contributed by atoms with van der Waals surface area (Å²) in [4.78, 5) is 54.1. The lowest BCUT2D eigenvalue weighted by atomic mass is 10.00. The number of nitrogens with zero attached hydrogens (tertiary/aromatic N) is 1. The third-order valence-corrected chi connectivity index (χ3v) is 7.75. The average molecular weight is 612 g/mol. The number of nitrogens with one attached hydrogen (secondary N) is 1. The molecule has 2 aromatic rings. The van der Waals surface area contributed by atoms with Crippen LogP contribution in [-0.2, 0) is 19.1 Å². The topological polar surface area (TPSA) is 119 Å². The van der Waals surface area contributed by atoms with Gasteiger partial charge in [-0.15, -0.1) is 0 Å². The molecule has 0 radical (unpaired) electrons. The van der Waals surface area contributed by atoms with E-state index in [0.29, 0.717) is 36.7 Å². The van der Waals surface area contributed by atoms with Crippen LogP contribution in [0.3, 0.4) is 0 Å². The van der Waals surface area contributed by atoms with Gasteiger partial charge in [-0.2, -0.15) is 4.48 Å². The SMILES string of the molecule is CCCCCC[N+](C(=O)CCCCC(C)C)(C(=O)c1ccccc1C(=O)O)c1cccc(NC(=O)CC(COCC)OC)c1. The van der Waals surface area contributed by atoms with Crippen molar-refractivity contribution in [3.8, 4) is 0 Å². The fraction of sp³-hybridized carbons (Fsp3) is 0.543. The van der Waals surface area contributed by atoms with Crippen molar-refractivity contribution in [1.82, 2.24) is 4.48 Å². The van der Waals surface area contributed by atoms with Crippen LogP contribution in [0.25, 0.3) is 0 Å². The van der Waals surface area contributed by atoms with Gasteiger partial charge in [0.25, 0.3) is 0 Å². The minimum atomic E-state index is -1.23. The van der Waals surface area contributed by atoms with Gasteiger partial charge in [0.1, 0.15) is 5.69 Å². The van der Waals surface area contributed by atoms with Crippen LogP contribution < -0.4 is 9.80 Å². The fourth-order valence-electron chi connectivity index (χ4n) is 5.29. The van der Waals surface area contributed by atoms with E-state index in [2.05, 4.69) is 26.1 Å². The third kappa shape index (κ3) is 10.6. The van der Waals surface area contributed by atoms with E-state index in [1.54, 1.807) is 36.4 Å². The molecule has 0 heterocycles. The molecule has 0 aliphatic heterocycles. The molecular weight excluding hydrogens is 560 g/mol. The summed E-state index contributed by atoms with van der Waals surface area (Å²) in [7, 11) is 1.52. The number of rotatable bonds is 20. The smallest absolute Gasteiger partial charge is 0.359 e. The van der Waals surface area contributed by atoms with Crippen molar-refractivity contribution >= 4 is 35.1 Å². The average Bonchev–Trinajstić information content (AvgIpc) is 3.01. The predicted octanol–water partition coefficient (Wildman–Crippen LogP) is 7.24. The van der Waals surface area contributed by atoms with Crippen LogP contribution in [-0.4, -0.2) is 61.8 Å². The highest BCUT2D eigenvalue weighted by molar-refractivity contribution is 6.18. The first-order valence-electron chi connectivity index (χ1n) is 15.9. The maximum atomic E-state index is 14.6. The molecule has 2 N–H and O–H groups in total. The number of aromatic carboxylic acids is 1. The van der Waals surface area contributed by atoms with Gasteiger partial charge in [0.15, 0.2) is 0 Å². The Balaban J connectivity index is 2.60. The number of anilines is 1. The summed E-state index contributed by atoms with van der Waals surface area (Å²) in [5, 5.41) is 12.8. The minimum absolute atomic E-state index is 0.0145. The number of hydrogen-bond acceptors (Lipinski definition) is 6. The number of quaternary nitrogens is 1. The Bertz CT molecular complexity index is 1230. The van der Waals surface area contributed by atoms with Crippen LogP contribution in [0, 0.1) is 5.92 Å². The molecule has 2 aromatic carbocycles. The van der Waals surface area contributed by atoms with Crippen molar-refractivity contribution in [2.75, 3.05) is 32.2 Å². The van der Waals surface area contributed by atoms with Gasteiger partial charge < -0.3 is 19.9 Å². The lowest BCUT2D eigenvalue weighted by Gasteiger charge is -2.34. The van der Waals surface area contributed by atoms with Crippen molar-refractivity contribution < 1.29 is 33.8 Å². The van der Waals surface area contributed by atoms with E-state index in [9.17, 15) is 24.3 Å². The molecule has 242 valence electrons. The number of benzene rings is 2. The van der Waals surface area contributed by atoms with Gasteiger partial charge in [0.05, 0.1) is 43.2 Å². The van der Waals surface area contributed by atoms with E-state index < -0.39 is 22.5 Å². The number of amides is 3. The quantitative estimate of drug-likeness (QED) is 0.120. The summed E-state index contributed by atoms with van der Waals surface area (Å²) in [6.07, 6.45) is 5.58. The molecule has 2 atom stereocenters. The van der Waals surface area contributed by atoms with E-state index in [1.165, 1.54) is 19.2 Å². The van der Waals surface area contributed by atoms with E-state index >= 15 is 0 Å².